The lowest BCUT2D eigenvalue weighted by molar-refractivity contribution is 0.366. The molecule has 0 amide bonds. The van der Waals surface area contributed by atoms with Crippen molar-refractivity contribution in [3.63, 3.8) is 0 Å². The normalized spacial score (nSPS) is 20.0. The van der Waals surface area contributed by atoms with Gasteiger partial charge in [-0.1, -0.05) is 18.2 Å². The van der Waals surface area contributed by atoms with E-state index in [-0.39, 0.29) is 29.0 Å². The number of methoxy groups -OCH3 is 2. The van der Waals surface area contributed by atoms with Crippen molar-refractivity contribution < 1.29 is 22.6 Å². The lowest BCUT2D eigenvalue weighted by Gasteiger charge is -2.27. The second kappa shape index (κ2) is 8.51. The van der Waals surface area contributed by atoms with Gasteiger partial charge in [0.05, 0.1) is 14.2 Å². The van der Waals surface area contributed by atoms with Gasteiger partial charge >= 0.3 is 0 Å². The molecular weight excluding hydrogens is 353 g/mol. The van der Waals surface area contributed by atoms with E-state index >= 15 is 0 Å². The Kier molecular flexibility index (Phi) is 6.09. The molecule has 0 unspecified atom stereocenters. The first-order valence-corrected chi connectivity index (χ1v) is 9.07. The summed E-state index contributed by atoms with van der Waals surface area (Å²) in [6.07, 6.45) is 7.02. The van der Waals surface area contributed by atoms with Crippen molar-refractivity contribution in [2.24, 2.45) is 5.92 Å². The molecule has 5 heteroatoms. The Morgan fingerprint density at radius 2 is 1.63 bits per heavy atom. The van der Waals surface area contributed by atoms with Crippen LogP contribution in [0.4, 0.5) is 13.2 Å². The van der Waals surface area contributed by atoms with Crippen molar-refractivity contribution in [1.29, 1.82) is 0 Å². The summed E-state index contributed by atoms with van der Waals surface area (Å²) in [6.45, 7) is 0. The molecule has 1 fully saturated rings. The Morgan fingerprint density at radius 3 is 2.26 bits per heavy atom. The molecule has 0 N–H and O–H groups in total. The average Bonchev–Trinajstić information content (AvgIpc) is 2.69. The van der Waals surface area contributed by atoms with Crippen LogP contribution in [0.15, 0.2) is 36.4 Å². The molecule has 2 aromatic carbocycles. The van der Waals surface area contributed by atoms with Crippen LogP contribution in [0.2, 0.25) is 0 Å². The van der Waals surface area contributed by atoms with Crippen LogP contribution in [0.3, 0.4) is 0 Å². The number of rotatable bonds is 5. The van der Waals surface area contributed by atoms with Gasteiger partial charge in [-0.25, -0.2) is 8.78 Å². The van der Waals surface area contributed by atoms with Crippen molar-refractivity contribution >= 4 is 6.08 Å². The first kappa shape index (κ1) is 19.3. The molecule has 1 aliphatic carbocycles. The fraction of sp³-hybridized carbons (Fsp3) is 0.364. The SMILES string of the molecule is COc1ccc(C2CCC(/C=C/c3ccc(OC)c(F)c3F)CC2)c(F)c1. The Morgan fingerprint density at radius 1 is 0.889 bits per heavy atom. The van der Waals surface area contributed by atoms with E-state index in [4.69, 9.17) is 9.47 Å². The quantitative estimate of drug-likeness (QED) is 0.627. The van der Waals surface area contributed by atoms with Gasteiger partial charge in [0.15, 0.2) is 11.6 Å². The highest BCUT2D eigenvalue weighted by Gasteiger charge is 2.23. The first-order valence-electron chi connectivity index (χ1n) is 9.07. The minimum atomic E-state index is -0.974. The molecule has 0 heterocycles. The molecular formula is C22H23F3O2. The average molecular weight is 376 g/mol. The summed E-state index contributed by atoms with van der Waals surface area (Å²) >= 11 is 0. The summed E-state index contributed by atoms with van der Waals surface area (Å²) in [6, 6.07) is 7.92. The van der Waals surface area contributed by atoms with Gasteiger partial charge in [-0.3, -0.25) is 0 Å². The van der Waals surface area contributed by atoms with Crippen LogP contribution < -0.4 is 9.47 Å². The zero-order valence-corrected chi connectivity index (χ0v) is 15.5. The highest BCUT2D eigenvalue weighted by atomic mass is 19.2. The fourth-order valence-corrected chi connectivity index (χ4v) is 3.66. The van der Waals surface area contributed by atoms with Crippen LogP contribution in [0.1, 0.15) is 42.7 Å². The third-order valence-electron chi connectivity index (χ3n) is 5.26. The van der Waals surface area contributed by atoms with Crippen molar-refractivity contribution in [2.45, 2.75) is 31.6 Å². The molecule has 0 aromatic heterocycles. The molecule has 0 saturated heterocycles. The van der Waals surface area contributed by atoms with Crippen LogP contribution in [-0.4, -0.2) is 14.2 Å². The van der Waals surface area contributed by atoms with E-state index in [0.29, 0.717) is 5.75 Å². The summed E-state index contributed by atoms with van der Waals surface area (Å²) in [5, 5.41) is 0. The minimum absolute atomic E-state index is 0.105. The first-order chi connectivity index (χ1) is 13.0. The monoisotopic (exact) mass is 376 g/mol. The van der Waals surface area contributed by atoms with E-state index in [2.05, 4.69) is 0 Å². The van der Waals surface area contributed by atoms with Gasteiger partial charge < -0.3 is 9.47 Å². The zero-order chi connectivity index (χ0) is 19.4. The van der Waals surface area contributed by atoms with E-state index in [1.807, 2.05) is 6.08 Å². The summed E-state index contributed by atoms with van der Waals surface area (Å²) < 4.78 is 51.9. The maximum Gasteiger partial charge on any atom is 0.201 e. The fourth-order valence-electron chi connectivity index (χ4n) is 3.66. The summed E-state index contributed by atoms with van der Waals surface area (Å²) in [5.74, 6) is -1.25. The number of benzene rings is 2. The highest BCUT2D eigenvalue weighted by molar-refractivity contribution is 5.52. The van der Waals surface area contributed by atoms with Crippen LogP contribution >= 0.6 is 0 Å². The van der Waals surface area contributed by atoms with Crippen molar-refractivity contribution in [2.75, 3.05) is 14.2 Å². The molecule has 27 heavy (non-hydrogen) atoms. The van der Waals surface area contributed by atoms with Gasteiger partial charge in [0, 0.05) is 11.6 Å². The van der Waals surface area contributed by atoms with E-state index in [9.17, 15) is 13.2 Å². The second-order valence-electron chi connectivity index (χ2n) is 6.84. The summed E-state index contributed by atoms with van der Waals surface area (Å²) in [7, 11) is 2.82. The molecule has 0 radical (unpaired) electrons. The second-order valence-corrected chi connectivity index (χ2v) is 6.84. The Hall–Kier alpha value is -2.43. The van der Waals surface area contributed by atoms with Gasteiger partial charge in [-0.2, -0.15) is 4.39 Å². The van der Waals surface area contributed by atoms with Gasteiger partial charge in [0.2, 0.25) is 5.82 Å². The van der Waals surface area contributed by atoms with E-state index in [0.717, 1.165) is 31.2 Å². The molecule has 2 aromatic rings. The molecule has 144 valence electrons. The maximum atomic E-state index is 14.3. The van der Waals surface area contributed by atoms with E-state index in [1.165, 1.54) is 32.4 Å². The van der Waals surface area contributed by atoms with Crippen molar-refractivity contribution in [1.82, 2.24) is 0 Å². The van der Waals surface area contributed by atoms with Crippen molar-refractivity contribution in [3.05, 3.63) is 65.0 Å². The summed E-state index contributed by atoms with van der Waals surface area (Å²) in [5.41, 5.74) is 0.929. The van der Waals surface area contributed by atoms with Crippen LogP contribution in [-0.2, 0) is 0 Å². The third-order valence-corrected chi connectivity index (χ3v) is 5.26. The smallest absolute Gasteiger partial charge is 0.201 e. The highest BCUT2D eigenvalue weighted by Crippen LogP contribution is 2.38. The van der Waals surface area contributed by atoms with Gasteiger partial charge in [0.1, 0.15) is 11.6 Å². The molecule has 3 rings (SSSR count). The lowest BCUT2D eigenvalue weighted by atomic mass is 9.78. The lowest BCUT2D eigenvalue weighted by Crippen LogP contribution is -2.13. The number of ether oxygens (including phenoxy) is 2. The molecule has 0 aliphatic heterocycles. The predicted octanol–water partition coefficient (Wildman–Crippen LogP) is 6.11. The molecule has 0 bridgehead atoms. The molecule has 0 atom stereocenters. The number of halogens is 3. The number of allylic oxidation sites excluding steroid dienone is 1. The van der Waals surface area contributed by atoms with Gasteiger partial charge in [-0.05, 0) is 61.3 Å². The minimum Gasteiger partial charge on any atom is -0.497 e. The van der Waals surface area contributed by atoms with Gasteiger partial charge in [-0.15, -0.1) is 0 Å². The van der Waals surface area contributed by atoms with Crippen LogP contribution in [0.25, 0.3) is 6.08 Å². The topological polar surface area (TPSA) is 18.5 Å². The predicted molar refractivity (Wildman–Crippen MR) is 99.6 cm³/mol. The van der Waals surface area contributed by atoms with E-state index < -0.39 is 11.6 Å². The number of hydrogen-bond acceptors (Lipinski definition) is 2. The van der Waals surface area contributed by atoms with Crippen molar-refractivity contribution in [3.8, 4) is 11.5 Å². The third kappa shape index (κ3) is 4.29. The number of hydrogen-bond donors (Lipinski definition) is 0. The maximum absolute atomic E-state index is 14.3. The molecule has 2 nitrogen and oxygen atoms in total. The van der Waals surface area contributed by atoms with Gasteiger partial charge in [0.25, 0.3) is 0 Å². The molecule has 1 saturated carbocycles. The standard InChI is InChI=1S/C22H23F3O2/c1-26-17-10-11-18(19(23)13-17)15-6-3-14(4-7-15)5-8-16-9-12-20(27-2)22(25)21(16)24/h5,8-15H,3-4,6-7H2,1-2H3/b8-5+. The largest absolute Gasteiger partial charge is 0.497 e. The summed E-state index contributed by atoms with van der Waals surface area (Å²) in [4.78, 5) is 0. The Labute approximate surface area is 157 Å². The molecule has 0 spiro atoms. The zero-order valence-electron chi connectivity index (χ0n) is 15.5. The Bertz CT molecular complexity index is 825. The molecule has 1 aliphatic rings. The van der Waals surface area contributed by atoms with E-state index in [1.54, 1.807) is 18.2 Å². The van der Waals surface area contributed by atoms with Crippen LogP contribution in [0.5, 0.6) is 11.5 Å². The Balaban J connectivity index is 1.63. The van der Waals surface area contributed by atoms with Crippen LogP contribution in [0, 0.1) is 23.4 Å².